The number of hydrogen-bond acceptors (Lipinski definition) is 5. The van der Waals surface area contributed by atoms with Crippen LogP contribution < -0.4 is 9.64 Å². The Morgan fingerprint density at radius 3 is 2.40 bits per heavy atom. The fourth-order valence-electron chi connectivity index (χ4n) is 4.13. The minimum Gasteiger partial charge on any atom is -0.457 e. The van der Waals surface area contributed by atoms with E-state index in [-0.39, 0.29) is 11.0 Å². The molecule has 0 N–H and O–H groups in total. The molecule has 0 atom stereocenters. The summed E-state index contributed by atoms with van der Waals surface area (Å²) in [6, 6.07) is 18.4. The van der Waals surface area contributed by atoms with E-state index in [2.05, 4.69) is 98.1 Å². The summed E-state index contributed by atoms with van der Waals surface area (Å²) in [5.74, 6) is 2.36. The predicted molar refractivity (Wildman–Crippen MR) is 142 cm³/mol. The molecule has 0 amide bonds. The third-order valence-electron chi connectivity index (χ3n) is 6.35. The minimum absolute atomic E-state index is 0.0361. The average molecular weight is 468 g/mol. The number of ether oxygens (including phenoxy) is 1. The first-order chi connectivity index (χ1) is 16.6. The molecule has 4 aromatic rings. The molecule has 0 aliphatic carbocycles. The monoisotopic (exact) mass is 467 g/mol. The van der Waals surface area contributed by atoms with Gasteiger partial charge in [-0.25, -0.2) is 9.67 Å². The van der Waals surface area contributed by atoms with Crippen molar-refractivity contribution in [3.8, 4) is 17.3 Å². The highest BCUT2D eigenvalue weighted by Gasteiger charge is 2.24. The maximum absolute atomic E-state index is 6.29. The number of aromatic nitrogens is 3. The Hall–Kier alpha value is -3.80. The van der Waals surface area contributed by atoms with Gasteiger partial charge >= 0.3 is 0 Å². The smallest absolute Gasteiger partial charge is 0.154 e. The summed E-state index contributed by atoms with van der Waals surface area (Å²) in [7, 11) is 0. The topological polar surface area (TPSA) is 46.4 Å². The molecule has 0 saturated carbocycles. The molecule has 0 radical (unpaired) electrons. The van der Waals surface area contributed by atoms with Crippen LogP contribution in [0.3, 0.4) is 0 Å². The summed E-state index contributed by atoms with van der Waals surface area (Å²) in [4.78, 5) is 9.13. The van der Waals surface area contributed by atoms with Gasteiger partial charge in [-0.1, -0.05) is 26.8 Å². The lowest BCUT2D eigenvalue weighted by atomic mass is 9.88. The van der Waals surface area contributed by atoms with Crippen molar-refractivity contribution in [2.75, 3.05) is 11.6 Å². The van der Waals surface area contributed by atoms with Gasteiger partial charge in [0.05, 0.1) is 18.4 Å². The zero-order chi connectivity index (χ0) is 24.8. The third kappa shape index (κ3) is 4.74. The van der Waals surface area contributed by atoms with Gasteiger partial charge in [-0.2, -0.15) is 5.10 Å². The van der Waals surface area contributed by atoms with E-state index in [1.165, 1.54) is 5.56 Å². The Morgan fingerprint density at radius 2 is 1.66 bits per heavy atom. The van der Waals surface area contributed by atoms with Crippen LogP contribution in [0, 0.1) is 0 Å². The Labute approximate surface area is 207 Å². The van der Waals surface area contributed by atoms with Crippen LogP contribution in [0.25, 0.3) is 16.7 Å². The Kier molecular flexibility index (Phi) is 5.55. The van der Waals surface area contributed by atoms with Gasteiger partial charge in [0.2, 0.25) is 0 Å². The van der Waals surface area contributed by atoms with E-state index in [9.17, 15) is 0 Å². The van der Waals surface area contributed by atoms with Crippen LogP contribution in [-0.4, -0.2) is 31.9 Å². The fraction of sp³-hybridized carbons (Fsp3) is 0.310. The highest BCUT2D eigenvalue weighted by molar-refractivity contribution is 5.81. The number of pyridine rings is 1. The number of benzene rings is 2. The lowest BCUT2D eigenvalue weighted by molar-refractivity contribution is 0.223. The summed E-state index contributed by atoms with van der Waals surface area (Å²) in [5.41, 5.74) is 3.39. The number of anilines is 1. The number of nitrogens with zero attached hydrogens (tertiary/aromatic N) is 5. The number of rotatable bonds is 4. The van der Waals surface area contributed by atoms with Crippen LogP contribution >= 0.6 is 0 Å². The lowest BCUT2D eigenvalue weighted by Gasteiger charge is -2.33. The summed E-state index contributed by atoms with van der Waals surface area (Å²) in [6.07, 6.45) is 7.98. The first-order valence-electron chi connectivity index (χ1n) is 12.0. The number of fused-ring (bicyclic) bond motifs is 1. The first-order valence-corrected chi connectivity index (χ1v) is 12.0. The normalized spacial score (nSPS) is 14.2. The zero-order valence-corrected chi connectivity index (χ0v) is 21.4. The molecule has 3 heterocycles. The quantitative estimate of drug-likeness (QED) is 0.328. The highest BCUT2D eigenvalue weighted by atomic mass is 16.5. The van der Waals surface area contributed by atoms with Gasteiger partial charge in [0.25, 0.3) is 0 Å². The van der Waals surface area contributed by atoms with E-state index in [1.54, 1.807) is 0 Å². The molecular weight excluding hydrogens is 434 g/mol. The van der Waals surface area contributed by atoms with Gasteiger partial charge in [0.15, 0.2) is 5.82 Å². The Bertz CT molecular complexity index is 1390. The van der Waals surface area contributed by atoms with E-state index in [4.69, 9.17) is 4.74 Å². The van der Waals surface area contributed by atoms with Gasteiger partial charge < -0.3 is 14.5 Å². The summed E-state index contributed by atoms with van der Waals surface area (Å²) >= 11 is 0. The SMILES string of the molecule is CC(C)(C)c1ccnc(-n2ncc3ccc(Oc4cccc(N5C=CN(C(C)(C)C)C5)c4)cc32)c1. The van der Waals surface area contributed by atoms with Crippen molar-refractivity contribution < 1.29 is 4.74 Å². The molecule has 180 valence electrons. The van der Waals surface area contributed by atoms with Gasteiger partial charge in [-0.15, -0.1) is 0 Å². The molecule has 35 heavy (non-hydrogen) atoms. The van der Waals surface area contributed by atoms with E-state index in [0.29, 0.717) is 0 Å². The molecule has 5 rings (SSSR count). The summed E-state index contributed by atoms with van der Waals surface area (Å²) in [6.45, 7) is 14.1. The highest BCUT2D eigenvalue weighted by Crippen LogP contribution is 2.31. The Morgan fingerprint density at radius 1 is 0.857 bits per heavy atom. The van der Waals surface area contributed by atoms with Crippen molar-refractivity contribution >= 4 is 16.6 Å². The molecule has 6 nitrogen and oxygen atoms in total. The zero-order valence-electron chi connectivity index (χ0n) is 21.4. The van der Waals surface area contributed by atoms with Crippen LogP contribution in [0.15, 0.2) is 79.4 Å². The lowest BCUT2D eigenvalue weighted by Crippen LogP contribution is -2.39. The van der Waals surface area contributed by atoms with Crippen molar-refractivity contribution in [1.29, 1.82) is 0 Å². The van der Waals surface area contributed by atoms with Crippen LogP contribution in [0.2, 0.25) is 0 Å². The van der Waals surface area contributed by atoms with Crippen molar-refractivity contribution in [3.63, 3.8) is 0 Å². The van der Waals surface area contributed by atoms with Crippen molar-refractivity contribution in [3.05, 3.63) is 85.0 Å². The Balaban J connectivity index is 1.41. The van der Waals surface area contributed by atoms with E-state index >= 15 is 0 Å². The van der Waals surface area contributed by atoms with Crippen LogP contribution in [0.4, 0.5) is 5.69 Å². The number of hydrogen-bond donors (Lipinski definition) is 0. The minimum atomic E-state index is 0.0361. The molecule has 2 aromatic heterocycles. The standard InChI is InChI=1S/C29H33N5O/c1-28(2,3)22-12-13-30-27(16-22)34-26-18-25(11-10-21(26)19-31-34)35-24-9-7-8-23(17-24)32-14-15-33(20-32)29(4,5)6/h7-19H,20H2,1-6H3. The van der Waals surface area contributed by atoms with Crippen LogP contribution in [0.5, 0.6) is 11.5 Å². The van der Waals surface area contributed by atoms with Crippen molar-refractivity contribution in [2.24, 2.45) is 0 Å². The van der Waals surface area contributed by atoms with Gasteiger partial charge in [-0.3, -0.25) is 0 Å². The molecule has 6 heteroatoms. The van der Waals surface area contributed by atoms with Crippen LogP contribution in [-0.2, 0) is 5.41 Å². The molecular formula is C29H33N5O. The molecule has 1 aliphatic rings. The molecule has 0 spiro atoms. The second-order valence-corrected chi connectivity index (χ2v) is 11.1. The largest absolute Gasteiger partial charge is 0.457 e. The molecule has 1 aliphatic heterocycles. The molecule has 0 unspecified atom stereocenters. The maximum Gasteiger partial charge on any atom is 0.154 e. The molecule has 2 aromatic carbocycles. The summed E-state index contributed by atoms with van der Waals surface area (Å²) in [5, 5.41) is 5.65. The second-order valence-electron chi connectivity index (χ2n) is 11.1. The van der Waals surface area contributed by atoms with Crippen LogP contribution in [0.1, 0.15) is 47.1 Å². The van der Waals surface area contributed by atoms with Gasteiger partial charge in [-0.05, 0) is 68.1 Å². The maximum atomic E-state index is 6.29. The van der Waals surface area contributed by atoms with E-state index < -0.39 is 0 Å². The molecule has 0 saturated heterocycles. The second kappa shape index (κ2) is 8.45. The molecule has 0 fully saturated rings. The van der Waals surface area contributed by atoms with Gasteiger partial charge in [0, 0.05) is 47.3 Å². The summed E-state index contributed by atoms with van der Waals surface area (Å²) < 4.78 is 8.17. The first kappa shape index (κ1) is 23.0. The van der Waals surface area contributed by atoms with E-state index in [1.807, 2.05) is 47.4 Å². The van der Waals surface area contributed by atoms with E-state index in [0.717, 1.165) is 40.6 Å². The van der Waals surface area contributed by atoms with Gasteiger partial charge in [0.1, 0.15) is 11.5 Å². The van der Waals surface area contributed by atoms with Crippen molar-refractivity contribution in [2.45, 2.75) is 52.5 Å². The third-order valence-corrected chi connectivity index (χ3v) is 6.35. The average Bonchev–Trinajstić information content (AvgIpc) is 3.46. The van der Waals surface area contributed by atoms with Crippen molar-refractivity contribution in [1.82, 2.24) is 19.7 Å². The molecule has 0 bridgehead atoms. The predicted octanol–water partition coefficient (Wildman–Crippen LogP) is 6.86. The fourth-order valence-corrected chi connectivity index (χ4v) is 4.13.